The summed E-state index contributed by atoms with van der Waals surface area (Å²) in [5.74, 6) is 0.919. The predicted octanol–water partition coefficient (Wildman–Crippen LogP) is 7.37. The van der Waals surface area contributed by atoms with Gasteiger partial charge in [-0.1, -0.05) is 84.5 Å². The number of nitrogens with zero attached hydrogens (tertiary/aromatic N) is 2. The van der Waals surface area contributed by atoms with Gasteiger partial charge in [0.05, 0.1) is 6.61 Å². The summed E-state index contributed by atoms with van der Waals surface area (Å²) in [6.45, 7) is 3.03. The van der Waals surface area contributed by atoms with E-state index in [2.05, 4.69) is 45.2 Å². The second-order valence-electron chi connectivity index (χ2n) is 6.53. The number of halogens is 1. The Morgan fingerprint density at radius 2 is 1.56 bits per heavy atom. The first-order valence-corrected chi connectivity index (χ1v) is 11.2. The van der Waals surface area contributed by atoms with Crippen LogP contribution in [0.2, 0.25) is 0 Å². The van der Waals surface area contributed by atoms with E-state index in [-0.39, 0.29) is 0 Å². The van der Waals surface area contributed by atoms with E-state index < -0.39 is 0 Å². The number of ether oxygens (including phenoxy) is 1. The molecule has 0 fully saturated rings. The molecule has 0 aliphatic heterocycles. The highest BCUT2D eigenvalue weighted by Gasteiger charge is 2.11. The van der Waals surface area contributed by atoms with Crippen LogP contribution in [0, 0.1) is 0 Å². The zero-order chi connectivity index (χ0) is 18.9. The second-order valence-corrected chi connectivity index (χ2v) is 8.36. The third kappa shape index (κ3) is 5.88. The predicted molar refractivity (Wildman–Crippen MR) is 117 cm³/mol. The van der Waals surface area contributed by atoms with Crippen LogP contribution in [0.1, 0.15) is 45.4 Å². The van der Waals surface area contributed by atoms with Gasteiger partial charge in [-0.15, -0.1) is 10.2 Å². The Balaban J connectivity index is 1.53. The van der Waals surface area contributed by atoms with Crippen molar-refractivity contribution in [2.45, 2.75) is 45.4 Å². The molecule has 0 aliphatic carbocycles. The summed E-state index contributed by atoms with van der Waals surface area (Å²) in [7, 11) is 0. The van der Waals surface area contributed by atoms with Gasteiger partial charge in [-0.25, -0.2) is 0 Å². The van der Waals surface area contributed by atoms with Crippen molar-refractivity contribution in [3.05, 3.63) is 53.0 Å². The third-order valence-electron chi connectivity index (χ3n) is 4.40. The SMILES string of the molecule is CCCCCCCCOc1ccc(-c2nnc(-c3ccccc3Br)s2)cc1. The van der Waals surface area contributed by atoms with Gasteiger partial charge in [-0.2, -0.15) is 0 Å². The van der Waals surface area contributed by atoms with Crippen molar-refractivity contribution in [2.75, 3.05) is 6.61 Å². The van der Waals surface area contributed by atoms with Crippen LogP contribution < -0.4 is 4.74 Å². The van der Waals surface area contributed by atoms with Crippen LogP contribution in [-0.4, -0.2) is 16.8 Å². The van der Waals surface area contributed by atoms with Gasteiger partial charge in [0.2, 0.25) is 0 Å². The fourth-order valence-corrected chi connectivity index (χ4v) is 4.34. The summed E-state index contributed by atoms with van der Waals surface area (Å²) < 4.78 is 6.89. The number of hydrogen-bond acceptors (Lipinski definition) is 4. The minimum Gasteiger partial charge on any atom is -0.494 e. The monoisotopic (exact) mass is 444 g/mol. The minimum absolute atomic E-state index is 0.788. The van der Waals surface area contributed by atoms with Gasteiger partial charge < -0.3 is 4.74 Å². The van der Waals surface area contributed by atoms with E-state index in [1.54, 1.807) is 11.3 Å². The lowest BCUT2D eigenvalue weighted by molar-refractivity contribution is 0.304. The van der Waals surface area contributed by atoms with E-state index in [0.29, 0.717) is 0 Å². The van der Waals surface area contributed by atoms with Gasteiger partial charge in [0.25, 0.3) is 0 Å². The molecular formula is C22H25BrN2OS. The Morgan fingerprint density at radius 3 is 2.33 bits per heavy atom. The fraction of sp³-hybridized carbons (Fsp3) is 0.364. The average molecular weight is 445 g/mol. The number of benzene rings is 2. The summed E-state index contributed by atoms with van der Waals surface area (Å²) in [5, 5.41) is 10.5. The van der Waals surface area contributed by atoms with Crippen molar-refractivity contribution in [1.29, 1.82) is 0 Å². The molecule has 1 aromatic heterocycles. The lowest BCUT2D eigenvalue weighted by atomic mass is 10.1. The van der Waals surface area contributed by atoms with Crippen molar-refractivity contribution in [1.82, 2.24) is 10.2 Å². The molecule has 3 nitrogen and oxygen atoms in total. The first-order valence-electron chi connectivity index (χ1n) is 9.59. The Labute approximate surface area is 173 Å². The molecule has 5 heteroatoms. The molecule has 0 aliphatic rings. The van der Waals surface area contributed by atoms with Crippen LogP contribution in [0.15, 0.2) is 53.0 Å². The van der Waals surface area contributed by atoms with Gasteiger partial charge >= 0.3 is 0 Å². The molecule has 2 aromatic carbocycles. The molecule has 27 heavy (non-hydrogen) atoms. The summed E-state index contributed by atoms with van der Waals surface area (Å²) in [5.41, 5.74) is 2.14. The average Bonchev–Trinajstić information content (AvgIpc) is 3.18. The summed E-state index contributed by atoms with van der Waals surface area (Å²) >= 11 is 5.17. The highest BCUT2D eigenvalue weighted by atomic mass is 79.9. The van der Waals surface area contributed by atoms with E-state index in [9.17, 15) is 0 Å². The zero-order valence-corrected chi connectivity index (χ0v) is 18.1. The maximum atomic E-state index is 5.85. The number of rotatable bonds is 10. The van der Waals surface area contributed by atoms with E-state index in [0.717, 1.165) is 44.4 Å². The van der Waals surface area contributed by atoms with Crippen LogP contribution in [0.3, 0.4) is 0 Å². The second kappa shape index (κ2) is 10.6. The molecule has 1 heterocycles. The first-order chi connectivity index (χ1) is 13.3. The zero-order valence-electron chi connectivity index (χ0n) is 15.7. The van der Waals surface area contributed by atoms with Gasteiger partial charge in [0.1, 0.15) is 15.8 Å². The maximum absolute atomic E-state index is 5.85. The van der Waals surface area contributed by atoms with Crippen LogP contribution in [0.4, 0.5) is 0 Å². The molecule has 3 rings (SSSR count). The number of aromatic nitrogens is 2. The first kappa shape index (κ1) is 20.0. The van der Waals surface area contributed by atoms with E-state index in [1.807, 2.05) is 36.4 Å². The van der Waals surface area contributed by atoms with Gasteiger partial charge in [0, 0.05) is 15.6 Å². The molecule has 3 aromatic rings. The van der Waals surface area contributed by atoms with Crippen LogP contribution in [0.5, 0.6) is 5.75 Å². The number of hydrogen-bond donors (Lipinski definition) is 0. The van der Waals surface area contributed by atoms with Gasteiger partial charge in [-0.05, 0) is 36.8 Å². The summed E-state index contributed by atoms with van der Waals surface area (Å²) in [6.07, 6.45) is 7.66. The Morgan fingerprint density at radius 1 is 0.852 bits per heavy atom. The highest BCUT2D eigenvalue weighted by molar-refractivity contribution is 9.10. The minimum atomic E-state index is 0.788. The highest BCUT2D eigenvalue weighted by Crippen LogP contribution is 2.34. The number of unbranched alkanes of at least 4 members (excludes halogenated alkanes) is 5. The molecule has 0 bridgehead atoms. The van der Waals surface area contributed by atoms with E-state index >= 15 is 0 Å². The smallest absolute Gasteiger partial charge is 0.149 e. The van der Waals surface area contributed by atoms with Crippen molar-refractivity contribution in [3.8, 4) is 26.9 Å². The van der Waals surface area contributed by atoms with Crippen LogP contribution >= 0.6 is 27.3 Å². The molecule has 142 valence electrons. The quantitative estimate of drug-likeness (QED) is 0.306. The molecule has 0 radical (unpaired) electrons. The van der Waals surface area contributed by atoms with Gasteiger partial charge in [0.15, 0.2) is 0 Å². The Kier molecular flexibility index (Phi) is 7.84. The van der Waals surface area contributed by atoms with Crippen molar-refractivity contribution in [2.24, 2.45) is 0 Å². The molecule has 0 atom stereocenters. The molecule has 0 spiro atoms. The Hall–Kier alpha value is -1.72. The van der Waals surface area contributed by atoms with Gasteiger partial charge in [-0.3, -0.25) is 0 Å². The van der Waals surface area contributed by atoms with Crippen molar-refractivity contribution in [3.63, 3.8) is 0 Å². The van der Waals surface area contributed by atoms with Crippen molar-refractivity contribution >= 4 is 27.3 Å². The van der Waals surface area contributed by atoms with Crippen LogP contribution in [-0.2, 0) is 0 Å². The van der Waals surface area contributed by atoms with Crippen LogP contribution in [0.25, 0.3) is 21.1 Å². The largest absolute Gasteiger partial charge is 0.494 e. The van der Waals surface area contributed by atoms with Crippen molar-refractivity contribution < 1.29 is 4.74 Å². The lowest BCUT2D eigenvalue weighted by Gasteiger charge is -2.06. The fourth-order valence-electron chi connectivity index (χ4n) is 2.85. The maximum Gasteiger partial charge on any atom is 0.149 e. The summed E-state index contributed by atoms with van der Waals surface area (Å²) in [4.78, 5) is 0. The lowest BCUT2D eigenvalue weighted by Crippen LogP contribution is -1.97. The molecule has 0 saturated carbocycles. The molecular weight excluding hydrogens is 420 g/mol. The summed E-state index contributed by atoms with van der Waals surface area (Å²) in [6, 6.07) is 16.2. The topological polar surface area (TPSA) is 35.0 Å². The van der Waals surface area contributed by atoms with E-state index in [4.69, 9.17) is 4.74 Å². The molecule has 0 saturated heterocycles. The molecule has 0 unspecified atom stereocenters. The van der Waals surface area contributed by atoms with E-state index in [1.165, 1.54) is 32.1 Å². The molecule has 0 amide bonds. The molecule has 0 N–H and O–H groups in total. The standard InChI is InChI=1S/C22H25BrN2OS/c1-2-3-4-5-6-9-16-26-18-14-12-17(13-15-18)21-24-25-22(27-21)19-10-7-8-11-20(19)23/h7-8,10-15H,2-6,9,16H2,1H3. The normalized spacial score (nSPS) is 10.9. The third-order valence-corrected chi connectivity index (χ3v) is 6.09. The Bertz CT molecular complexity index is 832.